The molecule has 0 radical (unpaired) electrons. The summed E-state index contributed by atoms with van der Waals surface area (Å²) in [5, 5.41) is 17.7. The summed E-state index contributed by atoms with van der Waals surface area (Å²) in [5.74, 6) is 1.43. The number of nitrogens with zero attached hydrogens (tertiary/aromatic N) is 3. The molecule has 0 saturated carbocycles. The number of nitriles is 2. The molecular weight excluding hydrogens is 266 g/mol. The van der Waals surface area contributed by atoms with Crippen molar-refractivity contribution < 1.29 is 9.47 Å². The lowest BCUT2D eigenvalue weighted by molar-refractivity contribution is 0.0632. The zero-order valence-corrected chi connectivity index (χ0v) is 12.2. The Labute approximate surface area is 125 Å². The maximum atomic E-state index is 9.10. The van der Waals surface area contributed by atoms with Crippen LogP contribution in [0.2, 0.25) is 0 Å². The molecule has 2 atom stereocenters. The lowest BCUT2D eigenvalue weighted by Crippen LogP contribution is -2.40. The van der Waals surface area contributed by atoms with Crippen LogP contribution in [0.1, 0.15) is 12.8 Å². The molecule has 1 aliphatic rings. The van der Waals surface area contributed by atoms with Crippen molar-refractivity contribution in [3.8, 4) is 23.6 Å². The molecular formula is C16H19N3O2. The molecule has 5 nitrogen and oxygen atoms in total. The monoisotopic (exact) mass is 285 g/mol. The van der Waals surface area contributed by atoms with Crippen LogP contribution in [0.4, 0.5) is 0 Å². The highest BCUT2D eigenvalue weighted by atomic mass is 16.6. The summed E-state index contributed by atoms with van der Waals surface area (Å²) >= 11 is 0. The highest BCUT2D eigenvalue weighted by Crippen LogP contribution is 2.30. The van der Waals surface area contributed by atoms with Crippen LogP contribution in [0.3, 0.4) is 0 Å². The van der Waals surface area contributed by atoms with Crippen molar-refractivity contribution in [2.24, 2.45) is 5.92 Å². The van der Waals surface area contributed by atoms with Gasteiger partial charge >= 0.3 is 0 Å². The number of para-hydroxylation sites is 2. The van der Waals surface area contributed by atoms with E-state index in [1.165, 1.54) is 0 Å². The van der Waals surface area contributed by atoms with Gasteiger partial charge in [0.2, 0.25) is 0 Å². The third kappa shape index (κ3) is 4.37. The first-order chi connectivity index (χ1) is 10.2. The molecule has 0 aromatic heterocycles. The van der Waals surface area contributed by atoms with E-state index in [0.717, 1.165) is 11.5 Å². The predicted molar refractivity (Wildman–Crippen MR) is 77.8 cm³/mol. The molecule has 0 amide bonds. The number of hydrogen-bond donors (Lipinski definition) is 0. The van der Waals surface area contributed by atoms with Crippen molar-refractivity contribution in [3.63, 3.8) is 0 Å². The fraction of sp³-hybridized carbons (Fsp3) is 0.500. The lowest BCUT2D eigenvalue weighted by atomic mass is 10.1. The zero-order chi connectivity index (χ0) is 15.1. The van der Waals surface area contributed by atoms with Crippen molar-refractivity contribution in [3.05, 3.63) is 24.3 Å². The largest absolute Gasteiger partial charge is 0.486 e. The highest BCUT2D eigenvalue weighted by Gasteiger charge is 2.22. The second kappa shape index (κ2) is 7.52. The van der Waals surface area contributed by atoms with E-state index in [1.54, 1.807) is 0 Å². The molecule has 1 aromatic carbocycles. The fourth-order valence-corrected chi connectivity index (χ4v) is 2.39. The summed E-state index contributed by atoms with van der Waals surface area (Å²) in [6.07, 6.45) is 0.991. The number of hydrogen-bond acceptors (Lipinski definition) is 5. The molecule has 0 bridgehead atoms. The quantitative estimate of drug-likeness (QED) is 0.801. The molecule has 2 rings (SSSR count). The average Bonchev–Trinajstić information content (AvgIpc) is 2.51. The maximum absolute atomic E-state index is 9.10. The molecule has 0 N–H and O–H groups in total. The fourth-order valence-electron chi connectivity index (χ4n) is 2.39. The molecule has 0 saturated heterocycles. The molecule has 110 valence electrons. The van der Waals surface area contributed by atoms with Gasteiger partial charge in [0.1, 0.15) is 12.7 Å². The van der Waals surface area contributed by atoms with Crippen LogP contribution in [0, 0.1) is 28.6 Å². The third-order valence-corrected chi connectivity index (χ3v) is 3.40. The van der Waals surface area contributed by atoms with Crippen LogP contribution in [0.5, 0.6) is 11.5 Å². The van der Waals surface area contributed by atoms with Crippen molar-refractivity contribution in [2.45, 2.75) is 18.9 Å². The van der Waals surface area contributed by atoms with Crippen LogP contribution < -0.4 is 9.47 Å². The van der Waals surface area contributed by atoms with Gasteiger partial charge in [-0.2, -0.15) is 10.5 Å². The molecule has 0 spiro atoms. The van der Waals surface area contributed by atoms with E-state index in [-0.39, 0.29) is 12.0 Å². The molecule has 5 heteroatoms. The summed E-state index contributed by atoms with van der Waals surface area (Å²) < 4.78 is 11.6. The SMILES string of the molecule is CN(C[C@H](C#N)CCC#N)C[C@@H]1COc2ccccc2O1. The predicted octanol–water partition coefficient (Wildman–Crippen LogP) is 2.20. The van der Waals surface area contributed by atoms with Crippen LogP contribution in [-0.2, 0) is 0 Å². The summed E-state index contributed by atoms with van der Waals surface area (Å²) in [7, 11) is 1.96. The van der Waals surface area contributed by atoms with Gasteiger partial charge in [0.05, 0.1) is 18.1 Å². The van der Waals surface area contributed by atoms with Gasteiger partial charge in [-0.05, 0) is 25.6 Å². The lowest BCUT2D eigenvalue weighted by Gasteiger charge is -2.30. The summed E-state index contributed by atoms with van der Waals surface area (Å²) in [5.41, 5.74) is 0. The van der Waals surface area contributed by atoms with Gasteiger partial charge < -0.3 is 14.4 Å². The summed E-state index contributed by atoms with van der Waals surface area (Å²) in [6, 6.07) is 12.0. The Kier molecular flexibility index (Phi) is 5.43. The molecule has 0 unspecified atom stereocenters. The van der Waals surface area contributed by atoms with Crippen LogP contribution >= 0.6 is 0 Å². The van der Waals surface area contributed by atoms with Gasteiger partial charge in [-0.15, -0.1) is 0 Å². The van der Waals surface area contributed by atoms with Gasteiger partial charge in [0.25, 0.3) is 0 Å². The topological polar surface area (TPSA) is 69.3 Å². The highest BCUT2D eigenvalue weighted by molar-refractivity contribution is 5.40. The van der Waals surface area contributed by atoms with Crippen molar-refractivity contribution in [1.29, 1.82) is 10.5 Å². The molecule has 21 heavy (non-hydrogen) atoms. The average molecular weight is 285 g/mol. The van der Waals surface area contributed by atoms with E-state index in [9.17, 15) is 0 Å². The Balaban J connectivity index is 1.83. The van der Waals surface area contributed by atoms with Gasteiger partial charge in [0, 0.05) is 19.5 Å². The first-order valence-corrected chi connectivity index (χ1v) is 7.06. The number of fused-ring (bicyclic) bond motifs is 1. The molecule has 1 aliphatic heterocycles. The second-order valence-electron chi connectivity index (χ2n) is 5.24. The van der Waals surface area contributed by atoms with Crippen molar-refractivity contribution >= 4 is 0 Å². The molecule has 0 fully saturated rings. The number of rotatable bonds is 6. The standard InChI is InChI=1S/C16H19N3O2/c1-19(10-13(9-18)5-4-8-17)11-14-12-20-15-6-2-3-7-16(15)21-14/h2-3,6-7,13-14H,4-5,10-12H2,1H3/t13-,14+/m0/s1. The van der Waals surface area contributed by atoms with Crippen LogP contribution in [0.25, 0.3) is 0 Å². The smallest absolute Gasteiger partial charge is 0.161 e. The Bertz CT molecular complexity index is 547. The Morgan fingerprint density at radius 1 is 1.33 bits per heavy atom. The normalized spacial score (nSPS) is 17.8. The first kappa shape index (κ1) is 15.2. The minimum atomic E-state index is -0.119. The third-order valence-electron chi connectivity index (χ3n) is 3.40. The second-order valence-corrected chi connectivity index (χ2v) is 5.24. The zero-order valence-electron chi connectivity index (χ0n) is 12.2. The van der Waals surface area contributed by atoms with E-state index in [0.29, 0.717) is 32.5 Å². The van der Waals surface area contributed by atoms with Crippen LogP contribution in [-0.4, -0.2) is 37.7 Å². The minimum absolute atomic E-state index is 0.0415. The van der Waals surface area contributed by atoms with E-state index in [4.69, 9.17) is 20.0 Å². The minimum Gasteiger partial charge on any atom is -0.486 e. The Morgan fingerprint density at radius 3 is 2.81 bits per heavy atom. The van der Waals surface area contributed by atoms with Gasteiger partial charge in [-0.25, -0.2) is 0 Å². The Morgan fingerprint density at radius 2 is 2.10 bits per heavy atom. The molecule has 0 aliphatic carbocycles. The first-order valence-electron chi connectivity index (χ1n) is 7.06. The van der Waals surface area contributed by atoms with E-state index in [2.05, 4.69) is 17.0 Å². The maximum Gasteiger partial charge on any atom is 0.161 e. The van der Waals surface area contributed by atoms with Crippen LogP contribution in [0.15, 0.2) is 24.3 Å². The summed E-state index contributed by atoms with van der Waals surface area (Å²) in [6.45, 7) is 1.84. The van der Waals surface area contributed by atoms with Gasteiger partial charge in [-0.1, -0.05) is 12.1 Å². The molecule has 1 aromatic rings. The summed E-state index contributed by atoms with van der Waals surface area (Å²) in [4.78, 5) is 2.06. The Hall–Kier alpha value is -2.24. The van der Waals surface area contributed by atoms with Gasteiger partial charge in [0.15, 0.2) is 11.5 Å². The molecule has 1 heterocycles. The van der Waals surface area contributed by atoms with E-state index in [1.807, 2.05) is 31.3 Å². The van der Waals surface area contributed by atoms with Crippen molar-refractivity contribution in [2.75, 3.05) is 26.7 Å². The van der Waals surface area contributed by atoms with Crippen molar-refractivity contribution in [1.82, 2.24) is 4.90 Å². The number of ether oxygens (including phenoxy) is 2. The van der Waals surface area contributed by atoms with Gasteiger partial charge in [-0.3, -0.25) is 0 Å². The number of likely N-dealkylation sites (N-methyl/N-ethyl adjacent to an activating group) is 1. The van der Waals surface area contributed by atoms with E-state index >= 15 is 0 Å². The number of benzene rings is 1. The van der Waals surface area contributed by atoms with E-state index < -0.39 is 0 Å².